The van der Waals surface area contributed by atoms with Gasteiger partial charge in [-0.2, -0.15) is 0 Å². The average Bonchev–Trinajstić information content (AvgIpc) is 2.81. The standard InChI is InChI=1S/C10H18N2O/c1-4-7-11-9(13)12-10(2,3)8-5-6-8/h4,8H,1,5-7H2,2-3H3,(H2,11,12,13). The highest BCUT2D eigenvalue weighted by molar-refractivity contribution is 5.74. The highest BCUT2D eigenvalue weighted by Gasteiger charge is 2.38. The number of rotatable bonds is 4. The SMILES string of the molecule is C=CCNC(=O)NC(C)(C)C1CC1. The lowest BCUT2D eigenvalue weighted by Gasteiger charge is -2.26. The highest BCUT2D eigenvalue weighted by atomic mass is 16.2. The first-order valence-electron chi connectivity index (χ1n) is 4.73. The number of hydrogen-bond acceptors (Lipinski definition) is 1. The Balaban J connectivity index is 2.29. The Labute approximate surface area is 79.6 Å². The lowest BCUT2D eigenvalue weighted by molar-refractivity contribution is 0.226. The van der Waals surface area contributed by atoms with Crippen molar-refractivity contribution in [1.29, 1.82) is 0 Å². The number of carbonyl (C=O) groups excluding carboxylic acids is 1. The van der Waals surface area contributed by atoms with Crippen molar-refractivity contribution in [3.05, 3.63) is 12.7 Å². The molecule has 0 heterocycles. The van der Waals surface area contributed by atoms with E-state index in [1.807, 2.05) is 0 Å². The maximum atomic E-state index is 11.3. The molecule has 0 radical (unpaired) electrons. The predicted octanol–water partition coefficient (Wildman–Crippen LogP) is 1.66. The summed E-state index contributed by atoms with van der Waals surface area (Å²) in [5.41, 5.74) is -0.0642. The molecule has 0 atom stereocenters. The van der Waals surface area contributed by atoms with Gasteiger partial charge in [0.2, 0.25) is 0 Å². The Hall–Kier alpha value is -0.990. The molecule has 1 saturated carbocycles. The van der Waals surface area contributed by atoms with Crippen LogP contribution in [0.15, 0.2) is 12.7 Å². The van der Waals surface area contributed by atoms with Crippen molar-refractivity contribution >= 4 is 6.03 Å². The number of urea groups is 1. The van der Waals surface area contributed by atoms with Gasteiger partial charge in [-0.1, -0.05) is 6.08 Å². The molecule has 13 heavy (non-hydrogen) atoms. The molecule has 74 valence electrons. The normalized spacial score (nSPS) is 16.5. The zero-order valence-corrected chi connectivity index (χ0v) is 8.39. The second-order valence-electron chi connectivity index (χ2n) is 4.12. The van der Waals surface area contributed by atoms with Crippen molar-refractivity contribution in [2.45, 2.75) is 32.2 Å². The first-order chi connectivity index (χ1) is 6.06. The molecule has 0 aromatic heterocycles. The highest BCUT2D eigenvalue weighted by Crippen LogP contribution is 2.38. The van der Waals surface area contributed by atoms with Crippen LogP contribution >= 0.6 is 0 Å². The number of hydrogen-bond donors (Lipinski definition) is 2. The van der Waals surface area contributed by atoms with Crippen molar-refractivity contribution < 1.29 is 4.79 Å². The Bertz CT molecular complexity index is 207. The van der Waals surface area contributed by atoms with Gasteiger partial charge in [0.25, 0.3) is 0 Å². The van der Waals surface area contributed by atoms with E-state index in [2.05, 4.69) is 31.1 Å². The lowest BCUT2D eigenvalue weighted by Crippen LogP contribution is -2.49. The third-order valence-electron chi connectivity index (χ3n) is 2.44. The van der Waals surface area contributed by atoms with Crippen LogP contribution < -0.4 is 10.6 Å². The van der Waals surface area contributed by atoms with Gasteiger partial charge in [-0.15, -0.1) is 6.58 Å². The minimum absolute atomic E-state index is 0.0642. The summed E-state index contributed by atoms with van der Waals surface area (Å²) in [4.78, 5) is 11.3. The van der Waals surface area contributed by atoms with Crippen molar-refractivity contribution in [3.8, 4) is 0 Å². The third-order valence-corrected chi connectivity index (χ3v) is 2.44. The summed E-state index contributed by atoms with van der Waals surface area (Å²) in [6.45, 7) is 8.19. The van der Waals surface area contributed by atoms with Crippen LogP contribution in [0.3, 0.4) is 0 Å². The van der Waals surface area contributed by atoms with Gasteiger partial charge in [-0.3, -0.25) is 0 Å². The fourth-order valence-corrected chi connectivity index (χ4v) is 1.41. The topological polar surface area (TPSA) is 41.1 Å². The van der Waals surface area contributed by atoms with Gasteiger partial charge < -0.3 is 10.6 Å². The summed E-state index contributed by atoms with van der Waals surface area (Å²) < 4.78 is 0. The molecule has 0 aromatic carbocycles. The zero-order chi connectivity index (χ0) is 9.90. The Morgan fingerprint density at radius 3 is 2.69 bits per heavy atom. The van der Waals surface area contributed by atoms with Crippen molar-refractivity contribution in [1.82, 2.24) is 10.6 Å². The molecule has 0 unspecified atom stereocenters. The van der Waals surface area contributed by atoms with Crippen molar-refractivity contribution in [2.24, 2.45) is 5.92 Å². The second-order valence-corrected chi connectivity index (χ2v) is 4.12. The van der Waals surface area contributed by atoms with E-state index in [9.17, 15) is 4.79 Å². The van der Waals surface area contributed by atoms with Crippen LogP contribution in [0.1, 0.15) is 26.7 Å². The predicted molar refractivity (Wildman–Crippen MR) is 53.5 cm³/mol. The number of carbonyl (C=O) groups is 1. The van der Waals surface area contributed by atoms with Crippen LogP contribution in [0, 0.1) is 5.92 Å². The largest absolute Gasteiger partial charge is 0.335 e. The van der Waals surface area contributed by atoms with Gasteiger partial charge >= 0.3 is 6.03 Å². The molecule has 1 aliphatic rings. The van der Waals surface area contributed by atoms with Crippen LogP contribution in [-0.4, -0.2) is 18.1 Å². The zero-order valence-electron chi connectivity index (χ0n) is 8.39. The maximum absolute atomic E-state index is 11.3. The minimum Gasteiger partial charge on any atom is -0.335 e. The summed E-state index contributed by atoms with van der Waals surface area (Å²) in [7, 11) is 0. The quantitative estimate of drug-likeness (QED) is 0.638. The van der Waals surface area contributed by atoms with Crippen LogP contribution in [0.5, 0.6) is 0 Å². The number of amides is 2. The molecule has 2 N–H and O–H groups in total. The van der Waals surface area contributed by atoms with Crippen LogP contribution in [0.25, 0.3) is 0 Å². The Kier molecular flexibility index (Phi) is 2.96. The summed E-state index contributed by atoms with van der Waals surface area (Å²) in [5, 5.41) is 5.66. The average molecular weight is 182 g/mol. The van der Waals surface area contributed by atoms with Crippen LogP contribution in [0.2, 0.25) is 0 Å². The Morgan fingerprint density at radius 1 is 1.62 bits per heavy atom. The number of nitrogens with one attached hydrogen (secondary N) is 2. The molecule has 0 bridgehead atoms. The third kappa shape index (κ3) is 3.09. The molecule has 0 aliphatic heterocycles. The Morgan fingerprint density at radius 2 is 2.23 bits per heavy atom. The fourth-order valence-electron chi connectivity index (χ4n) is 1.41. The van der Waals surface area contributed by atoms with E-state index in [1.54, 1.807) is 6.08 Å². The van der Waals surface area contributed by atoms with Crippen molar-refractivity contribution in [2.75, 3.05) is 6.54 Å². The molecule has 2 amide bonds. The molecular weight excluding hydrogens is 164 g/mol. The molecular formula is C10H18N2O. The van der Waals surface area contributed by atoms with E-state index < -0.39 is 0 Å². The van der Waals surface area contributed by atoms with Crippen molar-refractivity contribution in [3.63, 3.8) is 0 Å². The first-order valence-corrected chi connectivity index (χ1v) is 4.73. The van der Waals surface area contributed by atoms with E-state index >= 15 is 0 Å². The second kappa shape index (κ2) is 3.81. The molecule has 0 aromatic rings. The monoisotopic (exact) mass is 182 g/mol. The summed E-state index contributed by atoms with van der Waals surface area (Å²) >= 11 is 0. The molecule has 3 nitrogen and oxygen atoms in total. The van der Waals surface area contributed by atoms with Gasteiger partial charge in [-0.25, -0.2) is 4.79 Å². The van der Waals surface area contributed by atoms with Gasteiger partial charge in [0.05, 0.1) is 0 Å². The van der Waals surface area contributed by atoms with Crippen LogP contribution in [-0.2, 0) is 0 Å². The fraction of sp³-hybridized carbons (Fsp3) is 0.700. The maximum Gasteiger partial charge on any atom is 0.315 e. The molecule has 1 rings (SSSR count). The van der Waals surface area contributed by atoms with Gasteiger partial charge in [0, 0.05) is 12.1 Å². The van der Waals surface area contributed by atoms with E-state index in [0.717, 1.165) is 0 Å². The van der Waals surface area contributed by atoms with E-state index in [-0.39, 0.29) is 11.6 Å². The van der Waals surface area contributed by atoms with Gasteiger partial charge in [-0.05, 0) is 32.6 Å². The molecule has 3 heteroatoms. The van der Waals surface area contributed by atoms with Crippen LogP contribution in [0.4, 0.5) is 4.79 Å². The lowest BCUT2D eigenvalue weighted by atomic mass is 9.99. The van der Waals surface area contributed by atoms with Gasteiger partial charge in [0.1, 0.15) is 0 Å². The van der Waals surface area contributed by atoms with E-state index in [1.165, 1.54) is 12.8 Å². The summed E-state index contributed by atoms with van der Waals surface area (Å²) in [6, 6.07) is -0.100. The minimum atomic E-state index is -0.100. The molecule has 1 aliphatic carbocycles. The van der Waals surface area contributed by atoms with E-state index in [4.69, 9.17) is 0 Å². The molecule has 1 fully saturated rings. The molecule has 0 spiro atoms. The smallest absolute Gasteiger partial charge is 0.315 e. The summed E-state index contributed by atoms with van der Waals surface area (Å²) in [6.07, 6.45) is 4.13. The molecule has 0 saturated heterocycles. The first kappa shape index (κ1) is 10.1. The van der Waals surface area contributed by atoms with Gasteiger partial charge in [0.15, 0.2) is 0 Å². The summed E-state index contributed by atoms with van der Waals surface area (Å²) in [5.74, 6) is 0.655. The van der Waals surface area contributed by atoms with E-state index in [0.29, 0.717) is 12.5 Å².